The molecule has 4 rings (SSSR count). The van der Waals surface area contributed by atoms with Gasteiger partial charge in [0, 0.05) is 18.4 Å². The topological polar surface area (TPSA) is 75.7 Å². The summed E-state index contributed by atoms with van der Waals surface area (Å²) < 4.78 is 5.87. The average Bonchev–Trinajstić information content (AvgIpc) is 3.09. The second kappa shape index (κ2) is 8.39. The van der Waals surface area contributed by atoms with E-state index in [2.05, 4.69) is 5.32 Å². The van der Waals surface area contributed by atoms with Crippen LogP contribution in [0.4, 0.5) is 11.4 Å². The summed E-state index contributed by atoms with van der Waals surface area (Å²) in [7, 11) is 0. The zero-order valence-corrected chi connectivity index (χ0v) is 16.6. The van der Waals surface area contributed by atoms with Crippen LogP contribution >= 0.6 is 11.6 Å². The molecule has 0 saturated carbocycles. The number of para-hydroxylation sites is 3. The van der Waals surface area contributed by atoms with Gasteiger partial charge in [-0.2, -0.15) is 0 Å². The van der Waals surface area contributed by atoms with Crippen molar-refractivity contribution in [3.8, 4) is 11.5 Å². The fourth-order valence-corrected chi connectivity index (χ4v) is 3.32. The zero-order chi connectivity index (χ0) is 21.1. The molecule has 0 unspecified atom stereocenters. The molecule has 3 aromatic carbocycles. The predicted molar refractivity (Wildman–Crippen MR) is 114 cm³/mol. The monoisotopic (exact) mass is 420 g/mol. The van der Waals surface area contributed by atoms with E-state index in [0.29, 0.717) is 33.5 Å². The van der Waals surface area contributed by atoms with Crippen molar-refractivity contribution in [3.05, 3.63) is 83.4 Å². The number of hydrogen-bond acceptors (Lipinski definition) is 4. The summed E-state index contributed by atoms with van der Waals surface area (Å²) >= 11 is 6.16. The van der Waals surface area contributed by atoms with Crippen molar-refractivity contribution in [2.24, 2.45) is 0 Å². The van der Waals surface area contributed by atoms with Gasteiger partial charge in [0.25, 0.3) is 5.91 Å². The zero-order valence-electron chi connectivity index (χ0n) is 15.8. The fraction of sp³-hybridized carbons (Fsp3) is 0.0870. The van der Waals surface area contributed by atoms with Crippen molar-refractivity contribution in [1.82, 2.24) is 0 Å². The molecule has 7 heteroatoms. The Morgan fingerprint density at radius 2 is 1.53 bits per heavy atom. The van der Waals surface area contributed by atoms with Crippen LogP contribution in [0.3, 0.4) is 0 Å². The van der Waals surface area contributed by atoms with Crippen LogP contribution in [0.25, 0.3) is 0 Å². The van der Waals surface area contributed by atoms with Crippen LogP contribution < -0.4 is 15.0 Å². The first-order valence-electron chi connectivity index (χ1n) is 9.31. The summed E-state index contributed by atoms with van der Waals surface area (Å²) in [6.45, 7) is 0. The molecule has 1 aliphatic rings. The lowest BCUT2D eigenvalue weighted by molar-refractivity contribution is -0.121. The molecule has 1 saturated heterocycles. The van der Waals surface area contributed by atoms with Crippen LogP contribution in [0.2, 0.25) is 5.02 Å². The Kier molecular flexibility index (Phi) is 5.50. The average molecular weight is 421 g/mol. The van der Waals surface area contributed by atoms with E-state index in [4.69, 9.17) is 16.3 Å². The summed E-state index contributed by atoms with van der Waals surface area (Å²) in [5.41, 5.74) is 1.16. The summed E-state index contributed by atoms with van der Waals surface area (Å²) in [5.74, 6) is -0.0350. The molecule has 3 amide bonds. The van der Waals surface area contributed by atoms with Crippen molar-refractivity contribution in [1.29, 1.82) is 0 Å². The molecule has 0 bridgehead atoms. The molecule has 0 spiro atoms. The highest BCUT2D eigenvalue weighted by Crippen LogP contribution is 2.33. The molecule has 1 N–H and O–H groups in total. The number of carbonyl (C=O) groups excluding carboxylic acids is 3. The van der Waals surface area contributed by atoms with Crippen LogP contribution in [-0.4, -0.2) is 17.7 Å². The van der Waals surface area contributed by atoms with Gasteiger partial charge in [-0.05, 0) is 42.5 Å². The number of amides is 3. The Hall–Kier alpha value is -3.64. The number of hydrogen-bond donors (Lipinski definition) is 1. The van der Waals surface area contributed by atoms with E-state index in [9.17, 15) is 14.4 Å². The molecule has 1 aliphatic heterocycles. The lowest BCUT2D eigenvalue weighted by atomic mass is 10.1. The van der Waals surface area contributed by atoms with Crippen molar-refractivity contribution in [2.45, 2.75) is 12.8 Å². The van der Waals surface area contributed by atoms with Crippen LogP contribution in [-0.2, 0) is 9.59 Å². The highest BCUT2D eigenvalue weighted by molar-refractivity contribution is 6.32. The third-order valence-electron chi connectivity index (χ3n) is 4.61. The lowest BCUT2D eigenvalue weighted by Crippen LogP contribution is -2.28. The highest BCUT2D eigenvalue weighted by atomic mass is 35.5. The second-order valence-corrected chi connectivity index (χ2v) is 7.06. The second-order valence-electron chi connectivity index (χ2n) is 6.66. The third kappa shape index (κ3) is 4.04. The number of anilines is 2. The predicted octanol–water partition coefficient (Wildman–Crippen LogP) is 5.04. The molecule has 6 nitrogen and oxygen atoms in total. The number of imide groups is 1. The van der Waals surface area contributed by atoms with E-state index < -0.39 is 5.91 Å². The van der Waals surface area contributed by atoms with Crippen LogP contribution in [0.1, 0.15) is 23.2 Å². The van der Waals surface area contributed by atoms with Crippen molar-refractivity contribution in [2.75, 3.05) is 10.2 Å². The van der Waals surface area contributed by atoms with Gasteiger partial charge in [0.2, 0.25) is 11.8 Å². The summed E-state index contributed by atoms with van der Waals surface area (Å²) in [6.07, 6.45) is 0.365. The molecule has 0 aromatic heterocycles. The SMILES string of the molecule is O=C(Nc1ccccc1Oc1ccccc1Cl)c1cccc(N2C(=O)CCC2=O)c1. The molecule has 0 atom stereocenters. The largest absolute Gasteiger partial charge is 0.454 e. The maximum atomic E-state index is 12.8. The molecule has 150 valence electrons. The van der Waals surface area contributed by atoms with E-state index >= 15 is 0 Å². The standard InChI is InChI=1S/C23H17ClN2O4/c24-17-8-1-3-10-19(17)30-20-11-4-2-9-18(20)25-23(29)15-6-5-7-16(14-15)26-21(27)12-13-22(26)28/h1-11,14H,12-13H2,(H,25,29). The number of nitrogens with zero attached hydrogens (tertiary/aromatic N) is 1. The minimum Gasteiger partial charge on any atom is -0.454 e. The summed E-state index contributed by atoms with van der Waals surface area (Å²) in [4.78, 5) is 37.9. The van der Waals surface area contributed by atoms with Gasteiger partial charge in [0.15, 0.2) is 5.75 Å². The first kappa shape index (κ1) is 19.7. The Bertz CT molecular complexity index is 1130. The summed E-state index contributed by atoms with van der Waals surface area (Å²) in [6, 6.07) is 20.4. The van der Waals surface area contributed by atoms with Gasteiger partial charge in [-0.3, -0.25) is 19.3 Å². The Morgan fingerprint density at radius 3 is 2.27 bits per heavy atom. The molecule has 0 radical (unpaired) electrons. The van der Waals surface area contributed by atoms with E-state index in [1.807, 2.05) is 0 Å². The summed E-state index contributed by atoms with van der Waals surface area (Å²) in [5, 5.41) is 3.26. The van der Waals surface area contributed by atoms with Crippen molar-refractivity contribution >= 4 is 40.7 Å². The van der Waals surface area contributed by atoms with Crippen LogP contribution in [0.5, 0.6) is 11.5 Å². The number of nitrogens with one attached hydrogen (secondary N) is 1. The van der Waals surface area contributed by atoms with E-state index in [-0.39, 0.29) is 24.7 Å². The quantitative estimate of drug-likeness (QED) is 0.587. The van der Waals surface area contributed by atoms with Crippen molar-refractivity contribution < 1.29 is 19.1 Å². The maximum Gasteiger partial charge on any atom is 0.255 e. The Morgan fingerprint density at radius 1 is 0.867 bits per heavy atom. The van der Waals surface area contributed by atoms with Gasteiger partial charge < -0.3 is 10.1 Å². The first-order chi connectivity index (χ1) is 14.5. The van der Waals surface area contributed by atoms with Gasteiger partial charge in [-0.15, -0.1) is 0 Å². The molecule has 0 aliphatic carbocycles. The minimum atomic E-state index is -0.397. The molecule has 1 fully saturated rings. The van der Waals surface area contributed by atoms with E-state index in [1.165, 1.54) is 6.07 Å². The number of carbonyl (C=O) groups is 3. The Labute approximate surface area is 178 Å². The molecular formula is C23H17ClN2O4. The van der Waals surface area contributed by atoms with E-state index in [0.717, 1.165) is 4.90 Å². The molecule has 1 heterocycles. The fourth-order valence-electron chi connectivity index (χ4n) is 3.15. The molecule has 3 aromatic rings. The number of benzene rings is 3. The lowest BCUT2D eigenvalue weighted by Gasteiger charge is -2.16. The van der Waals surface area contributed by atoms with Gasteiger partial charge in [-0.25, -0.2) is 0 Å². The van der Waals surface area contributed by atoms with Crippen molar-refractivity contribution in [3.63, 3.8) is 0 Å². The highest BCUT2D eigenvalue weighted by Gasteiger charge is 2.30. The third-order valence-corrected chi connectivity index (χ3v) is 4.92. The van der Waals surface area contributed by atoms with Crippen LogP contribution in [0, 0.1) is 0 Å². The maximum absolute atomic E-state index is 12.8. The Balaban J connectivity index is 1.57. The number of ether oxygens (including phenoxy) is 1. The van der Waals surface area contributed by atoms with Crippen LogP contribution in [0.15, 0.2) is 72.8 Å². The van der Waals surface area contributed by atoms with Gasteiger partial charge in [-0.1, -0.05) is 41.9 Å². The smallest absolute Gasteiger partial charge is 0.255 e. The minimum absolute atomic E-state index is 0.183. The number of halogens is 1. The van der Waals surface area contributed by atoms with Gasteiger partial charge >= 0.3 is 0 Å². The van der Waals surface area contributed by atoms with E-state index in [1.54, 1.807) is 66.7 Å². The van der Waals surface area contributed by atoms with Gasteiger partial charge in [0.1, 0.15) is 5.75 Å². The first-order valence-corrected chi connectivity index (χ1v) is 9.69. The molecule has 30 heavy (non-hydrogen) atoms. The van der Waals surface area contributed by atoms with Gasteiger partial charge in [0.05, 0.1) is 16.4 Å². The number of rotatable bonds is 5. The normalized spacial score (nSPS) is 13.4. The molecular weight excluding hydrogens is 404 g/mol.